The highest BCUT2D eigenvalue weighted by atomic mass is 79.9. The van der Waals surface area contributed by atoms with Crippen LogP contribution < -0.4 is 14.8 Å². The third-order valence-corrected chi connectivity index (χ3v) is 6.11. The molecule has 0 radical (unpaired) electrons. The SMILES string of the molecule is COc1ccc(CN(C(=O)COc2ccc3ccccc3c2Br)C(C)C(=O)NC(C)C)cc1. The van der Waals surface area contributed by atoms with E-state index in [2.05, 4.69) is 21.2 Å². The number of amides is 2. The topological polar surface area (TPSA) is 67.9 Å². The zero-order chi connectivity index (χ0) is 24.0. The van der Waals surface area contributed by atoms with E-state index in [0.717, 1.165) is 26.6 Å². The molecule has 0 aliphatic rings. The third-order valence-electron chi connectivity index (χ3n) is 5.29. The monoisotopic (exact) mass is 512 g/mol. The maximum atomic E-state index is 13.2. The first kappa shape index (κ1) is 24.6. The molecule has 0 spiro atoms. The van der Waals surface area contributed by atoms with Crippen molar-refractivity contribution >= 4 is 38.5 Å². The largest absolute Gasteiger partial charge is 0.497 e. The molecule has 33 heavy (non-hydrogen) atoms. The lowest BCUT2D eigenvalue weighted by Crippen LogP contribution is -2.50. The third kappa shape index (κ3) is 6.26. The summed E-state index contributed by atoms with van der Waals surface area (Å²) in [5.74, 6) is 0.813. The lowest BCUT2D eigenvalue weighted by molar-refractivity contribution is -0.142. The van der Waals surface area contributed by atoms with Gasteiger partial charge in [0, 0.05) is 12.6 Å². The first-order valence-electron chi connectivity index (χ1n) is 10.8. The quantitative estimate of drug-likeness (QED) is 0.441. The predicted molar refractivity (Wildman–Crippen MR) is 133 cm³/mol. The van der Waals surface area contributed by atoms with Crippen molar-refractivity contribution in [3.8, 4) is 11.5 Å². The van der Waals surface area contributed by atoms with Gasteiger partial charge in [-0.05, 0) is 71.2 Å². The molecule has 0 bridgehead atoms. The van der Waals surface area contributed by atoms with Gasteiger partial charge in [-0.25, -0.2) is 0 Å². The molecule has 2 amide bonds. The average Bonchev–Trinajstić information content (AvgIpc) is 2.81. The van der Waals surface area contributed by atoms with Gasteiger partial charge in [-0.2, -0.15) is 0 Å². The first-order chi connectivity index (χ1) is 15.8. The molecule has 1 atom stereocenters. The molecular formula is C26H29BrN2O4. The number of fused-ring (bicyclic) bond motifs is 1. The van der Waals surface area contributed by atoms with Gasteiger partial charge >= 0.3 is 0 Å². The molecule has 0 heterocycles. The highest BCUT2D eigenvalue weighted by Crippen LogP contribution is 2.33. The molecule has 0 aliphatic heterocycles. The molecule has 3 aromatic carbocycles. The van der Waals surface area contributed by atoms with Crippen LogP contribution >= 0.6 is 15.9 Å². The number of ether oxygens (including phenoxy) is 2. The second-order valence-corrected chi connectivity index (χ2v) is 8.89. The van der Waals surface area contributed by atoms with Crippen LogP contribution in [0.5, 0.6) is 11.5 Å². The van der Waals surface area contributed by atoms with Crippen molar-refractivity contribution in [1.29, 1.82) is 0 Å². The van der Waals surface area contributed by atoms with Crippen molar-refractivity contribution in [2.75, 3.05) is 13.7 Å². The summed E-state index contributed by atoms with van der Waals surface area (Å²) in [4.78, 5) is 27.5. The van der Waals surface area contributed by atoms with Crippen LogP contribution in [0.4, 0.5) is 0 Å². The zero-order valence-corrected chi connectivity index (χ0v) is 20.9. The van der Waals surface area contributed by atoms with E-state index in [1.54, 1.807) is 14.0 Å². The van der Waals surface area contributed by atoms with Gasteiger partial charge in [0.2, 0.25) is 5.91 Å². The Hall–Kier alpha value is -3.06. The van der Waals surface area contributed by atoms with Crippen LogP contribution in [0.1, 0.15) is 26.3 Å². The summed E-state index contributed by atoms with van der Waals surface area (Å²) in [5.41, 5.74) is 0.889. The summed E-state index contributed by atoms with van der Waals surface area (Å²) in [6.45, 7) is 5.59. The van der Waals surface area contributed by atoms with E-state index in [1.165, 1.54) is 4.90 Å². The standard InChI is InChI=1S/C26H29BrN2O4/c1-17(2)28-26(31)18(3)29(15-19-9-12-21(32-4)13-10-19)24(30)16-33-23-14-11-20-7-5-6-8-22(20)25(23)27/h5-14,17-18H,15-16H2,1-4H3,(H,28,31). The van der Waals surface area contributed by atoms with Crippen LogP contribution in [0.3, 0.4) is 0 Å². The molecule has 1 unspecified atom stereocenters. The van der Waals surface area contributed by atoms with Crippen molar-refractivity contribution in [1.82, 2.24) is 10.2 Å². The van der Waals surface area contributed by atoms with Gasteiger partial charge in [0.1, 0.15) is 17.5 Å². The van der Waals surface area contributed by atoms with Gasteiger partial charge in [-0.15, -0.1) is 0 Å². The number of hydrogen-bond donors (Lipinski definition) is 1. The minimum absolute atomic E-state index is 0.0253. The summed E-state index contributed by atoms with van der Waals surface area (Å²) >= 11 is 3.59. The fourth-order valence-electron chi connectivity index (χ4n) is 3.46. The van der Waals surface area contributed by atoms with Gasteiger partial charge in [0.15, 0.2) is 6.61 Å². The fraction of sp³-hybridized carbons (Fsp3) is 0.308. The number of nitrogens with one attached hydrogen (secondary N) is 1. The van der Waals surface area contributed by atoms with Crippen LogP contribution in [0.2, 0.25) is 0 Å². The lowest BCUT2D eigenvalue weighted by Gasteiger charge is -2.29. The Morgan fingerprint density at radius 1 is 1.00 bits per heavy atom. The minimum atomic E-state index is -0.661. The Labute approximate surface area is 203 Å². The number of nitrogens with zero attached hydrogens (tertiary/aromatic N) is 1. The van der Waals surface area contributed by atoms with Crippen molar-refractivity contribution < 1.29 is 19.1 Å². The van der Waals surface area contributed by atoms with E-state index in [9.17, 15) is 9.59 Å². The second-order valence-electron chi connectivity index (χ2n) is 8.10. The first-order valence-corrected chi connectivity index (χ1v) is 11.6. The van der Waals surface area contributed by atoms with E-state index < -0.39 is 6.04 Å². The average molecular weight is 513 g/mol. The zero-order valence-electron chi connectivity index (χ0n) is 19.3. The molecular weight excluding hydrogens is 484 g/mol. The maximum Gasteiger partial charge on any atom is 0.261 e. The molecule has 0 saturated heterocycles. The van der Waals surface area contributed by atoms with Crippen LogP contribution in [-0.2, 0) is 16.1 Å². The minimum Gasteiger partial charge on any atom is -0.497 e. The smallest absolute Gasteiger partial charge is 0.261 e. The number of carbonyl (C=O) groups is 2. The van der Waals surface area contributed by atoms with Gasteiger partial charge in [-0.3, -0.25) is 9.59 Å². The molecule has 0 aliphatic carbocycles. The van der Waals surface area contributed by atoms with Crippen LogP contribution in [0, 0.1) is 0 Å². The number of rotatable bonds is 9. The summed E-state index contributed by atoms with van der Waals surface area (Å²) in [5, 5.41) is 4.96. The van der Waals surface area contributed by atoms with Crippen molar-refractivity contribution in [2.24, 2.45) is 0 Å². The highest BCUT2D eigenvalue weighted by Gasteiger charge is 2.27. The van der Waals surface area contributed by atoms with Crippen LogP contribution in [0.15, 0.2) is 65.1 Å². The van der Waals surface area contributed by atoms with E-state index in [-0.39, 0.29) is 31.0 Å². The van der Waals surface area contributed by atoms with E-state index in [0.29, 0.717) is 5.75 Å². The Kier molecular flexibility index (Phi) is 8.33. The molecule has 1 N–H and O–H groups in total. The molecule has 0 saturated carbocycles. The number of benzene rings is 3. The lowest BCUT2D eigenvalue weighted by atomic mass is 10.1. The van der Waals surface area contributed by atoms with E-state index in [1.807, 2.05) is 74.5 Å². The molecule has 3 rings (SSSR count). The predicted octanol–water partition coefficient (Wildman–Crippen LogP) is 4.93. The normalized spacial score (nSPS) is 11.8. The summed E-state index contributed by atoms with van der Waals surface area (Å²) in [6.07, 6.45) is 0. The van der Waals surface area contributed by atoms with Crippen LogP contribution in [-0.4, -0.2) is 42.5 Å². The Morgan fingerprint density at radius 2 is 1.70 bits per heavy atom. The Balaban J connectivity index is 1.78. The van der Waals surface area contributed by atoms with Crippen molar-refractivity contribution in [3.63, 3.8) is 0 Å². The van der Waals surface area contributed by atoms with Gasteiger partial charge in [-0.1, -0.05) is 42.5 Å². The number of hydrogen-bond acceptors (Lipinski definition) is 4. The summed E-state index contributed by atoms with van der Waals surface area (Å²) in [6, 6.07) is 18.5. The molecule has 0 aromatic heterocycles. The summed E-state index contributed by atoms with van der Waals surface area (Å²) in [7, 11) is 1.60. The van der Waals surface area contributed by atoms with Gasteiger partial charge in [0.25, 0.3) is 5.91 Å². The fourth-order valence-corrected chi connectivity index (χ4v) is 4.07. The van der Waals surface area contributed by atoms with Crippen molar-refractivity contribution in [2.45, 2.75) is 39.4 Å². The maximum absolute atomic E-state index is 13.2. The second kappa shape index (κ2) is 11.2. The summed E-state index contributed by atoms with van der Waals surface area (Å²) < 4.78 is 11.9. The molecule has 3 aromatic rings. The van der Waals surface area contributed by atoms with Crippen LogP contribution in [0.25, 0.3) is 10.8 Å². The number of halogens is 1. The molecule has 0 fully saturated rings. The number of carbonyl (C=O) groups excluding carboxylic acids is 2. The molecule has 174 valence electrons. The number of methoxy groups -OCH3 is 1. The van der Waals surface area contributed by atoms with Gasteiger partial charge < -0.3 is 19.7 Å². The van der Waals surface area contributed by atoms with Gasteiger partial charge in [0.05, 0.1) is 11.6 Å². The Bertz CT molecular complexity index is 1110. The van der Waals surface area contributed by atoms with E-state index >= 15 is 0 Å². The van der Waals surface area contributed by atoms with E-state index in [4.69, 9.17) is 9.47 Å². The Morgan fingerprint density at radius 3 is 2.36 bits per heavy atom. The van der Waals surface area contributed by atoms with Crippen molar-refractivity contribution in [3.05, 3.63) is 70.7 Å². The molecule has 6 nitrogen and oxygen atoms in total. The molecule has 7 heteroatoms. The highest BCUT2D eigenvalue weighted by molar-refractivity contribution is 9.10.